The minimum Gasteiger partial charge on any atom is -0.346 e. The van der Waals surface area contributed by atoms with E-state index in [1.165, 1.54) is 29.2 Å². The van der Waals surface area contributed by atoms with E-state index in [-0.39, 0.29) is 0 Å². The molecule has 0 radical (unpaired) electrons. The van der Waals surface area contributed by atoms with E-state index in [9.17, 15) is 0 Å². The SMILES string of the molecule is c1cc(-c2nc3c(c(N4CCSC4)n2)CCC3)ccn1. The summed E-state index contributed by atoms with van der Waals surface area (Å²) < 4.78 is 0. The van der Waals surface area contributed by atoms with E-state index in [1.807, 2.05) is 23.9 Å². The van der Waals surface area contributed by atoms with Crippen molar-refractivity contribution in [3.05, 3.63) is 35.8 Å². The second kappa shape index (κ2) is 5.05. The Labute approximate surface area is 122 Å². The molecule has 4 nitrogen and oxygen atoms in total. The molecule has 20 heavy (non-hydrogen) atoms. The van der Waals surface area contributed by atoms with Gasteiger partial charge < -0.3 is 4.90 Å². The molecule has 0 atom stereocenters. The summed E-state index contributed by atoms with van der Waals surface area (Å²) in [6, 6.07) is 3.97. The van der Waals surface area contributed by atoms with Crippen LogP contribution in [0.2, 0.25) is 0 Å². The van der Waals surface area contributed by atoms with Gasteiger partial charge in [0.05, 0.1) is 5.88 Å². The lowest BCUT2D eigenvalue weighted by Gasteiger charge is -2.19. The van der Waals surface area contributed by atoms with Gasteiger partial charge in [0, 0.05) is 41.5 Å². The maximum atomic E-state index is 4.87. The van der Waals surface area contributed by atoms with Crippen molar-refractivity contribution < 1.29 is 0 Å². The van der Waals surface area contributed by atoms with Crippen molar-refractivity contribution in [3.8, 4) is 11.4 Å². The molecule has 1 saturated heterocycles. The minimum atomic E-state index is 0.847. The number of aryl methyl sites for hydroxylation is 1. The van der Waals surface area contributed by atoms with E-state index in [4.69, 9.17) is 9.97 Å². The monoisotopic (exact) mass is 284 g/mol. The number of thioether (sulfide) groups is 1. The summed E-state index contributed by atoms with van der Waals surface area (Å²) in [6.07, 6.45) is 7.03. The van der Waals surface area contributed by atoms with Crippen LogP contribution in [0.4, 0.5) is 5.82 Å². The summed E-state index contributed by atoms with van der Waals surface area (Å²) >= 11 is 1.98. The Morgan fingerprint density at radius 3 is 2.80 bits per heavy atom. The molecule has 4 rings (SSSR count). The van der Waals surface area contributed by atoms with Crippen LogP contribution in [0.15, 0.2) is 24.5 Å². The predicted octanol–water partition coefficient (Wildman–Crippen LogP) is 2.54. The van der Waals surface area contributed by atoms with Gasteiger partial charge in [-0.3, -0.25) is 4.98 Å². The Kier molecular flexibility index (Phi) is 3.07. The Balaban J connectivity index is 1.83. The number of fused-ring (bicyclic) bond motifs is 1. The average molecular weight is 284 g/mol. The van der Waals surface area contributed by atoms with Gasteiger partial charge in [-0.25, -0.2) is 9.97 Å². The number of rotatable bonds is 2. The third kappa shape index (κ3) is 2.06. The molecule has 1 fully saturated rings. The largest absolute Gasteiger partial charge is 0.346 e. The maximum Gasteiger partial charge on any atom is 0.161 e. The molecule has 0 unspecified atom stereocenters. The van der Waals surface area contributed by atoms with Gasteiger partial charge >= 0.3 is 0 Å². The molecule has 0 aromatic carbocycles. The van der Waals surface area contributed by atoms with Gasteiger partial charge in [0.2, 0.25) is 0 Å². The molecule has 3 heterocycles. The quantitative estimate of drug-likeness (QED) is 0.847. The molecular formula is C15H16N4S. The van der Waals surface area contributed by atoms with Crippen LogP contribution < -0.4 is 4.90 Å². The van der Waals surface area contributed by atoms with Gasteiger partial charge in [0.1, 0.15) is 5.82 Å². The second-order valence-corrected chi connectivity index (χ2v) is 6.26. The predicted molar refractivity (Wildman–Crippen MR) is 82.0 cm³/mol. The van der Waals surface area contributed by atoms with E-state index >= 15 is 0 Å². The fourth-order valence-electron chi connectivity index (χ4n) is 2.89. The molecule has 1 aliphatic heterocycles. The third-order valence-corrected chi connectivity index (χ3v) is 4.87. The first-order valence-electron chi connectivity index (χ1n) is 7.05. The average Bonchev–Trinajstić information content (AvgIpc) is 3.18. The molecule has 2 aromatic rings. The van der Waals surface area contributed by atoms with Crippen LogP contribution in [0.3, 0.4) is 0 Å². The zero-order valence-corrected chi connectivity index (χ0v) is 12.1. The van der Waals surface area contributed by atoms with Crippen LogP contribution in [0.5, 0.6) is 0 Å². The Hall–Kier alpha value is -1.62. The van der Waals surface area contributed by atoms with Crippen LogP contribution in [-0.4, -0.2) is 33.1 Å². The van der Waals surface area contributed by atoms with Crippen LogP contribution in [-0.2, 0) is 12.8 Å². The van der Waals surface area contributed by atoms with Crippen LogP contribution in [0.1, 0.15) is 17.7 Å². The molecular weight excluding hydrogens is 268 g/mol. The first-order chi connectivity index (χ1) is 9.92. The summed E-state index contributed by atoms with van der Waals surface area (Å²) in [7, 11) is 0. The number of anilines is 1. The van der Waals surface area contributed by atoms with Gasteiger partial charge in [-0.05, 0) is 31.4 Å². The fraction of sp³-hybridized carbons (Fsp3) is 0.400. The summed E-state index contributed by atoms with van der Waals surface area (Å²) in [5.41, 5.74) is 3.69. The molecule has 1 aliphatic carbocycles. The van der Waals surface area contributed by atoms with Crippen molar-refractivity contribution in [1.29, 1.82) is 0 Å². The number of hydrogen-bond donors (Lipinski definition) is 0. The molecule has 102 valence electrons. The minimum absolute atomic E-state index is 0.847. The van der Waals surface area contributed by atoms with Crippen LogP contribution >= 0.6 is 11.8 Å². The van der Waals surface area contributed by atoms with E-state index < -0.39 is 0 Å². The van der Waals surface area contributed by atoms with Gasteiger partial charge in [-0.15, -0.1) is 11.8 Å². The highest BCUT2D eigenvalue weighted by molar-refractivity contribution is 7.99. The maximum absolute atomic E-state index is 4.87. The van der Waals surface area contributed by atoms with Gasteiger partial charge in [0.15, 0.2) is 5.82 Å². The van der Waals surface area contributed by atoms with Gasteiger partial charge in [0.25, 0.3) is 0 Å². The normalized spacial score (nSPS) is 17.5. The third-order valence-electron chi connectivity index (χ3n) is 3.90. The number of aromatic nitrogens is 3. The fourth-order valence-corrected chi connectivity index (χ4v) is 3.84. The highest BCUT2D eigenvalue weighted by Crippen LogP contribution is 2.33. The zero-order chi connectivity index (χ0) is 13.4. The first kappa shape index (κ1) is 12.1. The summed E-state index contributed by atoms with van der Waals surface area (Å²) in [4.78, 5) is 16.1. The molecule has 0 spiro atoms. The van der Waals surface area contributed by atoms with Crippen molar-refractivity contribution in [2.45, 2.75) is 19.3 Å². The smallest absolute Gasteiger partial charge is 0.161 e. The molecule has 0 bridgehead atoms. The molecule has 0 N–H and O–H groups in total. The summed E-state index contributed by atoms with van der Waals surface area (Å²) in [6.45, 7) is 1.10. The van der Waals surface area contributed by atoms with Crippen molar-refractivity contribution in [1.82, 2.24) is 15.0 Å². The van der Waals surface area contributed by atoms with Crippen LogP contribution in [0.25, 0.3) is 11.4 Å². The highest BCUT2D eigenvalue weighted by Gasteiger charge is 2.25. The molecule has 0 amide bonds. The molecule has 2 aliphatic rings. The van der Waals surface area contributed by atoms with Gasteiger partial charge in [-0.1, -0.05) is 0 Å². The second-order valence-electron chi connectivity index (χ2n) is 5.19. The van der Waals surface area contributed by atoms with Gasteiger partial charge in [-0.2, -0.15) is 0 Å². The number of nitrogens with zero attached hydrogens (tertiary/aromatic N) is 4. The lowest BCUT2D eigenvalue weighted by Crippen LogP contribution is -2.21. The van der Waals surface area contributed by atoms with Crippen molar-refractivity contribution in [2.75, 3.05) is 23.1 Å². The summed E-state index contributed by atoms with van der Waals surface area (Å²) in [5, 5.41) is 0. The van der Waals surface area contributed by atoms with E-state index in [0.717, 1.165) is 36.7 Å². The highest BCUT2D eigenvalue weighted by atomic mass is 32.2. The Bertz CT molecular complexity index is 623. The standard InChI is InChI=1S/C15H16N4S/c1-2-12-13(3-1)17-14(11-4-6-16-7-5-11)18-15(12)19-8-9-20-10-19/h4-7H,1-3,8-10H2. The van der Waals surface area contributed by atoms with E-state index in [1.54, 1.807) is 12.4 Å². The Morgan fingerprint density at radius 1 is 1.10 bits per heavy atom. The van der Waals surface area contributed by atoms with Crippen molar-refractivity contribution in [3.63, 3.8) is 0 Å². The van der Waals surface area contributed by atoms with E-state index in [0.29, 0.717) is 0 Å². The lowest BCUT2D eigenvalue weighted by molar-refractivity contribution is 0.895. The molecule has 0 saturated carbocycles. The number of hydrogen-bond acceptors (Lipinski definition) is 5. The zero-order valence-electron chi connectivity index (χ0n) is 11.2. The number of pyridine rings is 1. The van der Waals surface area contributed by atoms with Crippen molar-refractivity contribution >= 4 is 17.6 Å². The molecule has 2 aromatic heterocycles. The first-order valence-corrected chi connectivity index (χ1v) is 8.20. The summed E-state index contributed by atoms with van der Waals surface area (Å²) in [5.74, 6) is 4.27. The molecule has 5 heteroatoms. The van der Waals surface area contributed by atoms with Crippen LogP contribution in [0, 0.1) is 0 Å². The lowest BCUT2D eigenvalue weighted by atomic mass is 10.2. The topological polar surface area (TPSA) is 41.9 Å². The van der Waals surface area contributed by atoms with Crippen molar-refractivity contribution in [2.24, 2.45) is 0 Å². The Morgan fingerprint density at radius 2 is 2.00 bits per heavy atom. The van der Waals surface area contributed by atoms with E-state index in [2.05, 4.69) is 9.88 Å².